The van der Waals surface area contributed by atoms with E-state index in [9.17, 15) is 0 Å². The first-order chi connectivity index (χ1) is 6.77. The molecular formula is C10H13N3O. The molecule has 0 radical (unpaired) electrons. The van der Waals surface area contributed by atoms with Gasteiger partial charge in [0.1, 0.15) is 11.6 Å². The fourth-order valence-electron chi connectivity index (χ4n) is 0.980. The number of hydrogen-bond donors (Lipinski definition) is 1. The summed E-state index contributed by atoms with van der Waals surface area (Å²) in [7, 11) is 0. The molecule has 74 valence electrons. The first kappa shape index (κ1) is 10.5. The molecule has 1 heterocycles. The van der Waals surface area contributed by atoms with Crippen LogP contribution in [-0.2, 0) is 0 Å². The van der Waals surface area contributed by atoms with Crippen molar-refractivity contribution in [3.63, 3.8) is 0 Å². The third-order valence-corrected chi connectivity index (χ3v) is 1.71. The normalized spacial score (nSPS) is 9.50. The molecule has 2 N–H and O–H groups in total. The highest BCUT2D eigenvalue weighted by molar-refractivity contribution is 5.38. The summed E-state index contributed by atoms with van der Waals surface area (Å²) in [5.74, 6) is 0.404. The maximum atomic E-state index is 8.77. The molecular weight excluding hydrogens is 178 g/mol. The molecule has 1 aromatic heterocycles. The predicted octanol–water partition coefficient (Wildman–Crippen LogP) is 0.989. The van der Waals surface area contributed by atoms with Gasteiger partial charge in [-0.2, -0.15) is 5.26 Å². The van der Waals surface area contributed by atoms with Crippen LogP contribution < -0.4 is 10.5 Å². The summed E-state index contributed by atoms with van der Waals surface area (Å²) in [5, 5.41) is 8.77. The molecule has 14 heavy (non-hydrogen) atoms. The van der Waals surface area contributed by atoms with Crippen LogP contribution in [0.1, 0.15) is 17.7 Å². The van der Waals surface area contributed by atoms with Crippen molar-refractivity contribution in [2.45, 2.75) is 13.3 Å². The van der Waals surface area contributed by atoms with Crippen LogP contribution in [0.15, 0.2) is 12.1 Å². The van der Waals surface area contributed by atoms with Gasteiger partial charge in [0.05, 0.1) is 6.61 Å². The maximum absolute atomic E-state index is 8.77. The van der Waals surface area contributed by atoms with E-state index in [2.05, 4.69) is 4.98 Å². The van der Waals surface area contributed by atoms with Gasteiger partial charge in [-0.15, -0.1) is 0 Å². The van der Waals surface area contributed by atoms with Crippen LogP contribution >= 0.6 is 0 Å². The largest absolute Gasteiger partial charge is 0.477 e. The van der Waals surface area contributed by atoms with E-state index in [-0.39, 0.29) is 0 Å². The number of nitrogens with two attached hydrogens (primary N) is 1. The minimum atomic E-state index is 0.404. The zero-order chi connectivity index (χ0) is 10.4. The summed E-state index contributed by atoms with van der Waals surface area (Å²) in [6.45, 7) is 2.94. The van der Waals surface area contributed by atoms with Crippen molar-refractivity contribution >= 4 is 0 Å². The molecule has 0 saturated heterocycles. The average Bonchev–Trinajstić information content (AvgIpc) is 2.19. The first-order valence-corrected chi connectivity index (χ1v) is 4.48. The van der Waals surface area contributed by atoms with Gasteiger partial charge in [0.15, 0.2) is 0 Å². The van der Waals surface area contributed by atoms with E-state index in [1.54, 1.807) is 12.1 Å². The second kappa shape index (κ2) is 5.20. The topological polar surface area (TPSA) is 71.9 Å². The lowest BCUT2D eigenvalue weighted by Crippen LogP contribution is -2.07. The number of aryl methyl sites for hydroxylation is 1. The smallest absolute Gasteiger partial charge is 0.231 e. The van der Waals surface area contributed by atoms with Gasteiger partial charge in [0.25, 0.3) is 0 Å². The molecule has 0 aliphatic heterocycles. The summed E-state index contributed by atoms with van der Waals surface area (Å²) in [5.41, 5.74) is 6.63. The molecule has 0 unspecified atom stereocenters. The monoisotopic (exact) mass is 191 g/mol. The van der Waals surface area contributed by atoms with Crippen LogP contribution in [0.3, 0.4) is 0 Å². The Bertz CT molecular complexity index is 344. The second-order valence-corrected chi connectivity index (χ2v) is 2.91. The van der Waals surface area contributed by atoms with Crippen LogP contribution in [0, 0.1) is 18.3 Å². The Labute approximate surface area is 83.3 Å². The molecule has 4 heteroatoms. The van der Waals surface area contributed by atoms with E-state index in [1.165, 1.54) is 0 Å². The van der Waals surface area contributed by atoms with Crippen molar-refractivity contribution in [1.29, 1.82) is 5.26 Å². The summed E-state index contributed by atoms with van der Waals surface area (Å²) in [6.07, 6.45) is 0.764. The molecule has 0 spiro atoms. The highest BCUT2D eigenvalue weighted by Crippen LogP contribution is 2.14. The van der Waals surface area contributed by atoms with Gasteiger partial charge < -0.3 is 10.5 Å². The molecule has 0 amide bonds. The number of nitrogens with zero attached hydrogens (tertiary/aromatic N) is 2. The van der Waals surface area contributed by atoms with E-state index >= 15 is 0 Å². The minimum absolute atomic E-state index is 0.404. The third-order valence-electron chi connectivity index (χ3n) is 1.71. The highest BCUT2D eigenvalue weighted by atomic mass is 16.5. The number of aromatic nitrogens is 1. The van der Waals surface area contributed by atoms with Crippen molar-refractivity contribution in [2.24, 2.45) is 5.73 Å². The van der Waals surface area contributed by atoms with Crippen molar-refractivity contribution in [2.75, 3.05) is 13.2 Å². The lowest BCUT2D eigenvalue weighted by atomic mass is 10.2. The molecule has 0 saturated carbocycles. The molecule has 0 bridgehead atoms. The Morgan fingerprint density at radius 3 is 3.00 bits per heavy atom. The molecule has 0 aliphatic rings. The predicted molar refractivity (Wildman–Crippen MR) is 52.9 cm³/mol. The standard InChI is InChI=1S/C10H13N3O/c1-8-3-4-9(7-12)10(13-8)14-6-2-5-11/h3-4H,2,5-6,11H2,1H3. The fourth-order valence-corrected chi connectivity index (χ4v) is 0.980. The van der Waals surface area contributed by atoms with Gasteiger partial charge in [-0.25, -0.2) is 4.98 Å². The molecule has 1 aromatic rings. The van der Waals surface area contributed by atoms with E-state index in [4.69, 9.17) is 15.7 Å². The van der Waals surface area contributed by atoms with E-state index < -0.39 is 0 Å². The highest BCUT2D eigenvalue weighted by Gasteiger charge is 2.04. The van der Waals surface area contributed by atoms with E-state index in [1.807, 2.05) is 13.0 Å². The van der Waals surface area contributed by atoms with Gasteiger partial charge in [-0.05, 0) is 32.0 Å². The average molecular weight is 191 g/mol. The van der Waals surface area contributed by atoms with Gasteiger partial charge >= 0.3 is 0 Å². The lowest BCUT2D eigenvalue weighted by molar-refractivity contribution is 0.300. The Morgan fingerprint density at radius 1 is 1.57 bits per heavy atom. The molecule has 0 atom stereocenters. The number of rotatable bonds is 4. The van der Waals surface area contributed by atoms with Crippen LogP contribution in [0.2, 0.25) is 0 Å². The van der Waals surface area contributed by atoms with Gasteiger partial charge in [-0.3, -0.25) is 0 Å². The molecule has 4 nitrogen and oxygen atoms in total. The van der Waals surface area contributed by atoms with Gasteiger partial charge in [-0.1, -0.05) is 0 Å². The van der Waals surface area contributed by atoms with E-state index in [0.29, 0.717) is 24.6 Å². The molecule has 1 rings (SSSR count). The van der Waals surface area contributed by atoms with Crippen molar-refractivity contribution in [3.8, 4) is 11.9 Å². The molecule has 0 aromatic carbocycles. The van der Waals surface area contributed by atoms with Crippen LogP contribution in [0.5, 0.6) is 5.88 Å². The summed E-state index contributed by atoms with van der Waals surface area (Å²) < 4.78 is 5.34. The lowest BCUT2D eigenvalue weighted by Gasteiger charge is -2.06. The number of hydrogen-bond acceptors (Lipinski definition) is 4. The van der Waals surface area contributed by atoms with Crippen LogP contribution in [-0.4, -0.2) is 18.1 Å². The fraction of sp³-hybridized carbons (Fsp3) is 0.400. The third kappa shape index (κ3) is 2.71. The minimum Gasteiger partial charge on any atom is -0.477 e. The number of pyridine rings is 1. The van der Waals surface area contributed by atoms with Gasteiger partial charge in [0, 0.05) is 5.69 Å². The van der Waals surface area contributed by atoms with Crippen molar-refractivity contribution in [3.05, 3.63) is 23.4 Å². The second-order valence-electron chi connectivity index (χ2n) is 2.91. The maximum Gasteiger partial charge on any atom is 0.231 e. The zero-order valence-corrected chi connectivity index (χ0v) is 8.16. The Morgan fingerprint density at radius 2 is 2.36 bits per heavy atom. The Hall–Kier alpha value is -1.60. The Balaban J connectivity index is 2.73. The SMILES string of the molecule is Cc1ccc(C#N)c(OCCCN)n1. The van der Waals surface area contributed by atoms with Crippen LogP contribution in [0.25, 0.3) is 0 Å². The number of ether oxygens (including phenoxy) is 1. The quantitative estimate of drug-likeness (QED) is 0.720. The number of nitriles is 1. The first-order valence-electron chi connectivity index (χ1n) is 4.48. The molecule has 0 fully saturated rings. The zero-order valence-electron chi connectivity index (χ0n) is 8.16. The summed E-state index contributed by atoms with van der Waals surface area (Å²) in [4.78, 5) is 4.13. The molecule has 0 aliphatic carbocycles. The van der Waals surface area contributed by atoms with E-state index in [0.717, 1.165) is 12.1 Å². The van der Waals surface area contributed by atoms with Crippen LogP contribution in [0.4, 0.5) is 0 Å². The summed E-state index contributed by atoms with van der Waals surface area (Å²) >= 11 is 0. The van der Waals surface area contributed by atoms with Crippen molar-refractivity contribution in [1.82, 2.24) is 4.98 Å². The van der Waals surface area contributed by atoms with Gasteiger partial charge in [0.2, 0.25) is 5.88 Å². The van der Waals surface area contributed by atoms with Crippen molar-refractivity contribution < 1.29 is 4.74 Å². The Kier molecular flexibility index (Phi) is 3.89. The summed E-state index contributed by atoms with van der Waals surface area (Å²) in [6, 6.07) is 5.53.